The van der Waals surface area contributed by atoms with Gasteiger partial charge in [-0.05, 0) is 76.5 Å². The summed E-state index contributed by atoms with van der Waals surface area (Å²) in [7, 11) is 0. The third-order valence-corrected chi connectivity index (χ3v) is 10.2. The molecule has 0 fully saturated rings. The summed E-state index contributed by atoms with van der Waals surface area (Å²) in [6.45, 7) is 0. The zero-order chi connectivity index (χ0) is 29.5. The molecule has 45 heavy (non-hydrogen) atoms. The normalized spacial score (nSPS) is 12.0. The van der Waals surface area contributed by atoms with Crippen LogP contribution in [-0.2, 0) is 0 Å². The van der Waals surface area contributed by atoms with Crippen LogP contribution in [0.3, 0.4) is 0 Å². The van der Waals surface area contributed by atoms with Crippen LogP contribution in [0, 0.1) is 0 Å². The number of thiophene rings is 1. The fourth-order valence-electron chi connectivity index (χ4n) is 6.95. The molecule has 3 heterocycles. The van der Waals surface area contributed by atoms with Crippen molar-refractivity contribution in [1.29, 1.82) is 0 Å². The largest absolute Gasteiger partial charge is 0.436 e. The van der Waals surface area contributed by atoms with Gasteiger partial charge in [-0.3, -0.25) is 0 Å². The highest BCUT2D eigenvalue weighted by molar-refractivity contribution is 7.26. The van der Waals surface area contributed by atoms with Crippen LogP contribution in [0.15, 0.2) is 150 Å². The monoisotopic (exact) mass is 592 g/mol. The Bertz CT molecular complexity index is 2750. The molecule has 0 atom stereocenters. The lowest BCUT2D eigenvalue weighted by atomic mass is 10.0. The second kappa shape index (κ2) is 9.39. The van der Waals surface area contributed by atoms with Gasteiger partial charge in [0.2, 0.25) is 5.89 Å². The number of hydrogen-bond donors (Lipinski definition) is 0. The molecule has 0 bridgehead atoms. The first kappa shape index (κ1) is 24.7. The van der Waals surface area contributed by atoms with Crippen molar-refractivity contribution in [2.45, 2.75) is 0 Å². The van der Waals surface area contributed by atoms with Gasteiger partial charge in [0.25, 0.3) is 0 Å². The second-order valence-electron chi connectivity index (χ2n) is 11.6. The molecule has 0 saturated carbocycles. The SMILES string of the molecule is c1ccc2c(c1)ccc1c2c2ccccc2n1-c1ccc(-c2ccc(-c3nc4c(ccc5sc6ccccc6c54)o3)cc2)cc1. The van der Waals surface area contributed by atoms with E-state index in [9.17, 15) is 0 Å². The fourth-order valence-corrected chi connectivity index (χ4v) is 8.06. The average Bonchev–Trinajstić information content (AvgIpc) is 3.80. The number of oxazole rings is 1. The van der Waals surface area contributed by atoms with Crippen LogP contribution in [0.25, 0.3) is 92.1 Å². The predicted octanol–water partition coefficient (Wildman–Crippen LogP) is 11.8. The van der Waals surface area contributed by atoms with Crippen LogP contribution in [0.2, 0.25) is 0 Å². The first-order valence-corrected chi connectivity index (χ1v) is 15.9. The van der Waals surface area contributed by atoms with E-state index >= 15 is 0 Å². The summed E-state index contributed by atoms with van der Waals surface area (Å²) in [6, 6.07) is 51.9. The van der Waals surface area contributed by atoms with E-state index in [1.807, 2.05) is 6.07 Å². The third-order valence-electron chi connectivity index (χ3n) is 9.05. The maximum atomic E-state index is 6.27. The molecule has 0 aliphatic heterocycles. The summed E-state index contributed by atoms with van der Waals surface area (Å²) in [5, 5.41) is 7.53. The van der Waals surface area contributed by atoms with E-state index in [2.05, 4.69) is 144 Å². The number of para-hydroxylation sites is 1. The molecule has 7 aromatic carbocycles. The highest BCUT2D eigenvalue weighted by Gasteiger charge is 2.16. The van der Waals surface area contributed by atoms with Gasteiger partial charge in [-0.25, -0.2) is 4.98 Å². The Morgan fingerprint density at radius 3 is 2.02 bits per heavy atom. The summed E-state index contributed by atoms with van der Waals surface area (Å²) in [6.07, 6.45) is 0. The van der Waals surface area contributed by atoms with Gasteiger partial charge >= 0.3 is 0 Å². The topological polar surface area (TPSA) is 31.0 Å². The summed E-state index contributed by atoms with van der Waals surface area (Å²) in [4.78, 5) is 4.98. The number of hydrogen-bond acceptors (Lipinski definition) is 3. The first-order chi connectivity index (χ1) is 22.3. The molecule has 210 valence electrons. The van der Waals surface area contributed by atoms with Gasteiger partial charge in [0, 0.05) is 42.2 Å². The molecule has 10 rings (SSSR count). The van der Waals surface area contributed by atoms with Gasteiger partial charge in [0.15, 0.2) is 5.58 Å². The third kappa shape index (κ3) is 3.67. The van der Waals surface area contributed by atoms with Crippen molar-refractivity contribution < 1.29 is 4.42 Å². The second-order valence-corrected chi connectivity index (χ2v) is 12.6. The minimum absolute atomic E-state index is 0.647. The van der Waals surface area contributed by atoms with Crippen LogP contribution in [0.1, 0.15) is 0 Å². The van der Waals surface area contributed by atoms with E-state index in [-0.39, 0.29) is 0 Å². The van der Waals surface area contributed by atoms with Crippen molar-refractivity contribution in [2.24, 2.45) is 0 Å². The van der Waals surface area contributed by atoms with Crippen LogP contribution in [-0.4, -0.2) is 9.55 Å². The van der Waals surface area contributed by atoms with Gasteiger partial charge in [-0.1, -0.05) is 91.0 Å². The summed E-state index contributed by atoms with van der Waals surface area (Å²) >= 11 is 1.80. The molecule has 0 spiro atoms. The van der Waals surface area contributed by atoms with Crippen molar-refractivity contribution in [3.05, 3.63) is 146 Å². The zero-order valence-electron chi connectivity index (χ0n) is 24.1. The number of rotatable bonds is 3. The highest BCUT2D eigenvalue weighted by atomic mass is 32.1. The van der Waals surface area contributed by atoms with Crippen molar-refractivity contribution >= 4 is 75.2 Å². The van der Waals surface area contributed by atoms with Gasteiger partial charge < -0.3 is 8.98 Å². The lowest BCUT2D eigenvalue weighted by molar-refractivity contribution is 0.620. The predicted molar refractivity (Wildman–Crippen MR) is 190 cm³/mol. The molecular weight excluding hydrogens is 569 g/mol. The Morgan fingerprint density at radius 2 is 1.18 bits per heavy atom. The molecule has 0 radical (unpaired) electrons. The molecule has 0 aliphatic rings. The molecule has 3 nitrogen and oxygen atoms in total. The Balaban J connectivity index is 1.02. The molecule has 0 amide bonds. The Hall–Kier alpha value is -5.71. The summed E-state index contributed by atoms with van der Waals surface area (Å²) in [5.74, 6) is 0.647. The molecular formula is C41H24N2OS. The standard InChI is InChI=1S/C41H24N2OS/c1-2-8-30-27(7-1)19-22-34-38(30)31-9-3-5-11-33(31)43(34)29-20-17-26(18-21-29)25-13-15-28(16-14-25)41-42-40-35(44-41)23-24-37-39(40)32-10-4-6-12-36(32)45-37/h1-24H. The maximum absolute atomic E-state index is 6.27. The molecule has 0 saturated heterocycles. The van der Waals surface area contributed by atoms with E-state index in [1.165, 1.54) is 58.3 Å². The van der Waals surface area contributed by atoms with Crippen LogP contribution >= 0.6 is 11.3 Å². The Labute approximate surface area is 262 Å². The van der Waals surface area contributed by atoms with Crippen molar-refractivity contribution in [3.8, 4) is 28.3 Å². The molecule has 10 aromatic rings. The average molecular weight is 593 g/mol. The number of nitrogens with zero attached hydrogens (tertiary/aromatic N) is 2. The first-order valence-electron chi connectivity index (χ1n) is 15.1. The van der Waals surface area contributed by atoms with Crippen LogP contribution in [0.4, 0.5) is 0 Å². The summed E-state index contributed by atoms with van der Waals surface area (Å²) < 4.78 is 11.2. The van der Waals surface area contributed by atoms with Gasteiger partial charge in [-0.15, -0.1) is 11.3 Å². The highest BCUT2D eigenvalue weighted by Crippen LogP contribution is 2.40. The van der Waals surface area contributed by atoms with Crippen molar-refractivity contribution in [1.82, 2.24) is 9.55 Å². The number of fused-ring (bicyclic) bond motifs is 10. The maximum Gasteiger partial charge on any atom is 0.227 e. The lowest BCUT2D eigenvalue weighted by Gasteiger charge is -2.10. The van der Waals surface area contributed by atoms with E-state index < -0.39 is 0 Å². The molecule has 0 unspecified atom stereocenters. The number of benzene rings is 7. The van der Waals surface area contributed by atoms with Crippen LogP contribution < -0.4 is 0 Å². The fraction of sp³-hybridized carbons (Fsp3) is 0. The van der Waals surface area contributed by atoms with Crippen molar-refractivity contribution in [3.63, 3.8) is 0 Å². The minimum Gasteiger partial charge on any atom is -0.436 e. The van der Waals surface area contributed by atoms with E-state index in [0.29, 0.717) is 5.89 Å². The zero-order valence-corrected chi connectivity index (χ0v) is 24.9. The van der Waals surface area contributed by atoms with E-state index in [0.717, 1.165) is 27.9 Å². The number of aromatic nitrogens is 2. The van der Waals surface area contributed by atoms with Crippen LogP contribution in [0.5, 0.6) is 0 Å². The molecule has 0 aliphatic carbocycles. The van der Waals surface area contributed by atoms with Gasteiger partial charge in [-0.2, -0.15) is 0 Å². The van der Waals surface area contributed by atoms with Crippen molar-refractivity contribution in [2.75, 3.05) is 0 Å². The summed E-state index contributed by atoms with van der Waals surface area (Å²) in [5.41, 5.74) is 8.62. The molecule has 3 aromatic heterocycles. The Morgan fingerprint density at radius 1 is 0.489 bits per heavy atom. The van der Waals surface area contributed by atoms with E-state index in [1.54, 1.807) is 11.3 Å². The molecule has 4 heteroatoms. The minimum atomic E-state index is 0.647. The lowest BCUT2D eigenvalue weighted by Crippen LogP contribution is -1.93. The Kier molecular flexibility index (Phi) is 5.16. The quantitative estimate of drug-likeness (QED) is 0.204. The van der Waals surface area contributed by atoms with Gasteiger partial charge in [0.1, 0.15) is 5.52 Å². The van der Waals surface area contributed by atoms with E-state index in [4.69, 9.17) is 9.40 Å². The molecule has 0 N–H and O–H groups in total. The smallest absolute Gasteiger partial charge is 0.227 e. The van der Waals surface area contributed by atoms with Gasteiger partial charge in [0.05, 0.1) is 11.0 Å².